The number of ether oxygens (including phenoxy) is 1. The topological polar surface area (TPSA) is 45.7 Å². The molecule has 0 saturated carbocycles. The number of nitrogens with zero attached hydrogens (tertiary/aromatic N) is 1. The fraction of sp³-hybridized carbons (Fsp3) is 0.421. The van der Waals surface area contributed by atoms with Gasteiger partial charge in [0.15, 0.2) is 5.96 Å². The van der Waals surface area contributed by atoms with Gasteiger partial charge < -0.3 is 15.4 Å². The average Bonchev–Trinajstić information content (AvgIpc) is 3.16. The molecule has 1 aromatic heterocycles. The van der Waals surface area contributed by atoms with E-state index in [-0.39, 0.29) is 0 Å². The molecule has 4 nitrogen and oxygen atoms in total. The fourth-order valence-electron chi connectivity index (χ4n) is 2.28. The third-order valence-corrected chi connectivity index (χ3v) is 6.00. The predicted molar refractivity (Wildman–Crippen MR) is 110 cm³/mol. The number of thioether (sulfide) groups is 1. The van der Waals surface area contributed by atoms with Crippen LogP contribution in [0.3, 0.4) is 0 Å². The van der Waals surface area contributed by atoms with Crippen LogP contribution in [0.2, 0.25) is 0 Å². The number of guanidine groups is 1. The summed E-state index contributed by atoms with van der Waals surface area (Å²) in [5, 5.41) is 8.90. The van der Waals surface area contributed by atoms with Gasteiger partial charge >= 0.3 is 0 Å². The van der Waals surface area contributed by atoms with Gasteiger partial charge in [-0.1, -0.05) is 25.1 Å². The lowest BCUT2D eigenvalue weighted by molar-refractivity contribution is 0.405. The Morgan fingerprint density at radius 1 is 1.24 bits per heavy atom. The van der Waals surface area contributed by atoms with Crippen LogP contribution >= 0.6 is 23.1 Å². The molecule has 0 spiro atoms. The van der Waals surface area contributed by atoms with Crippen molar-refractivity contribution in [1.29, 1.82) is 0 Å². The van der Waals surface area contributed by atoms with E-state index in [0.29, 0.717) is 5.92 Å². The molecular formula is C19H27N3OS2. The highest BCUT2D eigenvalue weighted by Crippen LogP contribution is 2.29. The summed E-state index contributed by atoms with van der Waals surface area (Å²) in [5.74, 6) is 3.36. The van der Waals surface area contributed by atoms with Gasteiger partial charge in [0.05, 0.1) is 7.11 Å². The number of para-hydroxylation sites is 1. The van der Waals surface area contributed by atoms with Crippen LogP contribution < -0.4 is 15.4 Å². The summed E-state index contributed by atoms with van der Waals surface area (Å²) in [5.41, 5.74) is 0. The Hall–Kier alpha value is -1.66. The van der Waals surface area contributed by atoms with E-state index in [1.54, 1.807) is 18.4 Å². The van der Waals surface area contributed by atoms with Crippen molar-refractivity contribution in [2.45, 2.75) is 18.2 Å². The molecule has 6 heteroatoms. The van der Waals surface area contributed by atoms with Crippen molar-refractivity contribution in [3.8, 4) is 5.75 Å². The van der Waals surface area contributed by atoms with E-state index >= 15 is 0 Å². The highest BCUT2D eigenvalue weighted by Gasteiger charge is 2.08. The molecule has 0 aliphatic heterocycles. The average molecular weight is 378 g/mol. The Kier molecular flexibility index (Phi) is 8.69. The standard InChI is InChI=1S/C19H27N3OS2/c1-15(14-25-18-9-5-4-8-17(18)23-3)13-22-19(20-2)21-11-10-16-7-6-12-24-16/h4-9,12,15H,10-11,13-14H2,1-3H3,(H2,20,21,22). The zero-order valence-electron chi connectivity index (χ0n) is 15.1. The molecule has 0 saturated heterocycles. The van der Waals surface area contributed by atoms with Gasteiger partial charge in [-0.3, -0.25) is 4.99 Å². The van der Waals surface area contributed by atoms with Crippen LogP contribution in [0.1, 0.15) is 11.8 Å². The van der Waals surface area contributed by atoms with Crippen molar-refractivity contribution in [3.63, 3.8) is 0 Å². The van der Waals surface area contributed by atoms with Gasteiger partial charge in [0.25, 0.3) is 0 Å². The molecule has 1 unspecified atom stereocenters. The van der Waals surface area contributed by atoms with Crippen molar-refractivity contribution < 1.29 is 4.74 Å². The Morgan fingerprint density at radius 3 is 2.80 bits per heavy atom. The van der Waals surface area contributed by atoms with Gasteiger partial charge in [0, 0.05) is 35.7 Å². The summed E-state index contributed by atoms with van der Waals surface area (Å²) in [6.45, 7) is 4.03. The maximum Gasteiger partial charge on any atom is 0.190 e. The third kappa shape index (κ3) is 7.00. The van der Waals surface area contributed by atoms with E-state index in [4.69, 9.17) is 4.74 Å². The molecule has 25 heavy (non-hydrogen) atoms. The van der Waals surface area contributed by atoms with Gasteiger partial charge in [-0.25, -0.2) is 0 Å². The molecule has 0 amide bonds. The van der Waals surface area contributed by atoms with Crippen molar-refractivity contribution in [2.75, 3.05) is 33.0 Å². The van der Waals surface area contributed by atoms with Crippen molar-refractivity contribution in [3.05, 3.63) is 46.7 Å². The van der Waals surface area contributed by atoms with Gasteiger partial charge in [-0.2, -0.15) is 0 Å². The number of benzene rings is 1. The van der Waals surface area contributed by atoms with Crippen molar-refractivity contribution in [1.82, 2.24) is 10.6 Å². The van der Waals surface area contributed by atoms with Crippen LogP contribution in [-0.2, 0) is 6.42 Å². The van der Waals surface area contributed by atoms with Gasteiger partial charge in [0.1, 0.15) is 5.75 Å². The van der Waals surface area contributed by atoms with E-state index < -0.39 is 0 Å². The number of thiophene rings is 1. The monoisotopic (exact) mass is 377 g/mol. The summed E-state index contributed by atoms with van der Waals surface area (Å²) in [4.78, 5) is 6.88. The SMILES string of the molecule is CN=C(NCCc1cccs1)NCC(C)CSc1ccccc1OC. The highest BCUT2D eigenvalue weighted by atomic mass is 32.2. The maximum absolute atomic E-state index is 5.40. The second kappa shape index (κ2) is 11.1. The zero-order chi connectivity index (χ0) is 17.9. The lowest BCUT2D eigenvalue weighted by Crippen LogP contribution is -2.40. The Labute approximate surface area is 159 Å². The van der Waals surface area contributed by atoms with Crippen LogP contribution in [0.4, 0.5) is 0 Å². The number of aliphatic imine (C=N–C) groups is 1. The van der Waals surface area contributed by atoms with Gasteiger partial charge in [-0.15, -0.1) is 23.1 Å². The molecule has 0 radical (unpaired) electrons. The Bertz CT molecular complexity index is 644. The van der Waals surface area contributed by atoms with E-state index in [9.17, 15) is 0 Å². The maximum atomic E-state index is 5.40. The van der Waals surface area contributed by atoms with Crippen LogP contribution in [0.15, 0.2) is 51.7 Å². The lowest BCUT2D eigenvalue weighted by Gasteiger charge is -2.16. The molecule has 1 atom stereocenters. The molecule has 2 rings (SSSR count). The summed E-state index contributed by atoms with van der Waals surface area (Å²) in [7, 11) is 3.53. The minimum Gasteiger partial charge on any atom is -0.496 e. The molecule has 1 aromatic carbocycles. The molecule has 0 aliphatic rings. The second-order valence-corrected chi connectivity index (χ2v) is 7.87. The van der Waals surface area contributed by atoms with Crippen LogP contribution in [0, 0.1) is 5.92 Å². The minimum absolute atomic E-state index is 0.519. The Balaban J connectivity index is 1.68. The molecule has 0 aliphatic carbocycles. The normalized spacial score (nSPS) is 12.7. The summed E-state index contributed by atoms with van der Waals surface area (Å²) in [6, 6.07) is 12.4. The first-order valence-corrected chi connectivity index (χ1v) is 10.3. The van der Waals surface area contributed by atoms with Gasteiger partial charge in [0.2, 0.25) is 0 Å². The van der Waals surface area contributed by atoms with Crippen LogP contribution in [-0.4, -0.2) is 39.0 Å². The first kappa shape index (κ1) is 19.7. The number of hydrogen-bond donors (Lipinski definition) is 2. The third-order valence-electron chi connectivity index (χ3n) is 3.68. The number of rotatable bonds is 9. The first-order chi connectivity index (χ1) is 12.2. The molecule has 0 fully saturated rings. The van der Waals surface area contributed by atoms with Gasteiger partial charge in [-0.05, 0) is 35.9 Å². The molecule has 136 valence electrons. The predicted octanol–water partition coefficient (Wildman–Crippen LogP) is 3.89. The zero-order valence-corrected chi connectivity index (χ0v) is 16.8. The van der Waals surface area contributed by atoms with E-state index in [1.807, 2.05) is 37.0 Å². The van der Waals surface area contributed by atoms with E-state index in [0.717, 1.165) is 37.0 Å². The molecule has 2 N–H and O–H groups in total. The number of hydrogen-bond acceptors (Lipinski definition) is 4. The lowest BCUT2D eigenvalue weighted by atomic mass is 10.2. The molecule has 2 aromatic rings. The minimum atomic E-state index is 0.519. The Morgan fingerprint density at radius 2 is 2.08 bits per heavy atom. The molecule has 0 bridgehead atoms. The quantitative estimate of drug-likeness (QED) is 0.395. The number of nitrogens with one attached hydrogen (secondary N) is 2. The fourth-order valence-corrected chi connectivity index (χ4v) is 4.04. The molecule has 1 heterocycles. The summed E-state index contributed by atoms with van der Waals surface area (Å²) < 4.78 is 5.40. The van der Waals surface area contributed by atoms with Crippen LogP contribution in [0.25, 0.3) is 0 Å². The largest absolute Gasteiger partial charge is 0.496 e. The van der Waals surface area contributed by atoms with E-state index in [2.05, 4.69) is 46.1 Å². The van der Waals surface area contributed by atoms with Crippen LogP contribution in [0.5, 0.6) is 5.75 Å². The van der Waals surface area contributed by atoms with Crippen molar-refractivity contribution >= 4 is 29.1 Å². The smallest absolute Gasteiger partial charge is 0.190 e. The molecular weight excluding hydrogens is 350 g/mol. The highest BCUT2D eigenvalue weighted by molar-refractivity contribution is 7.99. The number of methoxy groups -OCH3 is 1. The second-order valence-electron chi connectivity index (χ2n) is 5.78. The van der Waals surface area contributed by atoms with Crippen molar-refractivity contribution in [2.24, 2.45) is 10.9 Å². The summed E-state index contributed by atoms with van der Waals surface area (Å²) >= 11 is 3.63. The summed E-state index contributed by atoms with van der Waals surface area (Å²) in [6.07, 6.45) is 1.03. The van der Waals surface area contributed by atoms with E-state index in [1.165, 1.54) is 9.77 Å². The first-order valence-electron chi connectivity index (χ1n) is 8.45.